The van der Waals surface area contributed by atoms with Crippen molar-refractivity contribution in [3.8, 4) is 5.75 Å². The maximum Gasteiger partial charge on any atom is 0.253 e. The molecular weight excluding hydrogens is 438 g/mol. The van der Waals surface area contributed by atoms with Crippen molar-refractivity contribution in [3.63, 3.8) is 0 Å². The largest absolute Gasteiger partial charge is 0.492 e. The minimum Gasteiger partial charge on any atom is -0.492 e. The fourth-order valence-corrected chi connectivity index (χ4v) is 5.57. The van der Waals surface area contributed by atoms with Crippen molar-refractivity contribution in [1.29, 1.82) is 0 Å². The quantitative estimate of drug-likeness (QED) is 0.658. The lowest BCUT2D eigenvalue weighted by molar-refractivity contribution is 0.0620. The second-order valence-corrected chi connectivity index (χ2v) is 10.2. The first-order valence-corrected chi connectivity index (χ1v) is 12.4. The summed E-state index contributed by atoms with van der Waals surface area (Å²) in [5, 5.41) is 0.684. The third-order valence-corrected chi connectivity index (χ3v) is 7.77. The van der Waals surface area contributed by atoms with Gasteiger partial charge in [0.05, 0.1) is 11.4 Å². The topological polar surface area (TPSA) is 70.2 Å². The third kappa shape index (κ3) is 5.31. The van der Waals surface area contributed by atoms with E-state index in [1.165, 1.54) is 4.31 Å². The zero-order valence-electron chi connectivity index (χ0n) is 17.2. The fraction of sp³-hybridized carbons (Fsp3) is 0.409. The molecule has 0 bridgehead atoms. The number of amides is 1. The number of nitrogens with zero attached hydrogens (tertiary/aromatic N) is 3. The zero-order chi connectivity index (χ0) is 21.8. The molecule has 0 radical (unpaired) electrons. The molecule has 2 aliphatic rings. The second-order valence-electron chi connectivity index (χ2n) is 7.72. The molecule has 7 nitrogen and oxygen atoms in total. The lowest BCUT2D eigenvalue weighted by Gasteiger charge is -2.34. The number of carbonyl (C=O) groups is 1. The summed E-state index contributed by atoms with van der Waals surface area (Å²) in [4.78, 5) is 17.0. The summed E-state index contributed by atoms with van der Waals surface area (Å²) >= 11 is 5.88. The first-order chi connectivity index (χ1) is 14.9. The summed E-state index contributed by atoms with van der Waals surface area (Å²) in [7, 11) is -3.21. The lowest BCUT2D eigenvalue weighted by atomic mass is 10.1. The Morgan fingerprint density at radius 1 is 0.935 bits per heavy atom. The summed E-state index contributed by atoms with van der Waals surface area (Å²) < 4.78 is 31.3. The van der Waals surface area contributed by atoms with Crippen molar-refractivity contribution in [2.75, 3.05) is 55.9 Å². The maximum atomic E-state index is 12.8. The molecule has 0 aliphatic carbocycles. The Balaban J connectivity index is 1.25. The Kier molecular flexibility index (Phi) is 6.69. The van der Waals surface area contributed by atoms with Crippen LogP contribution >= 0.6 is 11.6 Å². The van der Waals surface area contributed by atoms with Gasteiger partial charge in [0, 0.05) is 49.9 Å². The molecule has 0 saturated carbocycles. The number of hydrogen-bond donors (Lipinski definition) is 0. The van der Waals surface area contributed by atoms with Gasteiger partial charge in [0.1, 0.15) is 12.4 Å². The Bertz CT molecular complexity index is 1000. The van der Waals surface area contributed by atoms with Crippen molar-refractivity contribution in [3.05, 3.63) is 59.1 Å². The molecule has 4 rings (SSSR count). The van der Waals surface area contributed by atoms with Gasteiger partial charge in [-0.2, -0.15) is 0 Å². The van der Waals surface area contributed by atoms with Gasteiger partial charge in [-0.1, -0.05) is 11.6 Å². The highest BCUT2D eigenvalue weighted by Crippen LogP contribution is 2.24. The highest BCUT2D eigenvalue weighted by Gasteiger charge is 2.28. The molecule has 0 unspecified atom stereocenters. The van der Waals surface area contributed by atoms with Crippen LogP contribution in [0.1, 0.15) is 16.8 Å². The number of carbonyl (C=O) groups excluding carboxylic acids is 1. The first-order valence-electron chi connectivity index (χ1n) is 10.4. The predicted molar refractivity (Wildman–Crippen MR) is 121 cm³/mol. The van der Waals surface area contributed by atoms with Crippen molar-refractivity contribution in [2.24, 2.45) is 0 Å². The van der Waals surface area contributed by atoms with Gasteiger partial charge < -0.3 is 9.64 Å². The van der Waals surface area contributed by atoms with Crippen LogP contribution in [0.25, 0.3) is 0 Å². The Labute approximate surface area is 188 Å². The maximum absolute atomic E-state index is 12.8. The molecule has 31 heavy (non-hydrogen) atoms. The van der Waals surface area contributed by atoms with Gasteiger partial charge in [-0.25, -0.2) is 8.42 Å². The molecule has 0 aromatic heterocycles. The molecule has 2 heterocycles. The Morgan fingerprint density at radius 2 is 1.61 bits per heavy atom. The van der Waals surface area contributed by atoms with E-state index in [1.807, 2.05) is 17.0 Å². The van der Waals surface area contributed by atoms with Crippen LogP contribution in [0, 0.1) is 0 Å². The Hall–Kier alpha value is -2.29. The molecule has 1 amide bonds. The standard InChI is InChI=1S/C22H26ClN3O4S/c23-19-4-8-21(9-5-19)30-16-15-24-11-13-25(14-12-24)22(27)18-2-6-20(7-3-18)26-10-1-17-31(26,28)29/h2-9H,1,10-17H2. The number of rotatable bonds is 6. The number of ether oxygens (including phenoxy) is 1. The molecule has 2 aromatic rings. The van der Waals surface area contributed by atoms with Crippen molar-refractivity contribution < 1.29 is 17.9 Å². The molecular formula is C22H26ClN3O4S. The minimum absolute atomic E-state index is 0.0205. The Morgan fingerprint density at radius 3 is 2.23 bits per heavy atom. The van der Waals surface area contributed by atoms with Crippen LogP contribution in [-0.2, 0) is 10.0 Å². The smallest absolute Gasteiger partial charge is 0.253 e. The summed E-state index contributed by atoms with van der Waals surface area (Å²) in [5.41, 5.74) is 1.21. The molecule has 0 spiro atoms. The van der Waals surface area contributed by atoms with Gasteiger partial charge >= 0.3 is 0 Å². The van der Waals surface area contributed by atoms with Crippen molar-refractivity contribution in [1.82, 2.24) is 9.80 Å². The van der Waals surface area contributed by atoms with Gasteiger partial charge in [-0.05, 0) is 55.0 Å². The number of anilines is 1. The van der Waals surface area contributed by atoms with E-state index in [2.05, 4.69) is 4.90 Å². The molecule has 0 N–H and O–H groups in total. The zero-order valence-corrected chi connectivity index (χ0v) is 18.8. The summed E-state index contributed by atoms with van der Waals surface area (Å²) in [6.07, 6.45) is 0.637. The monoisotopic (exact) mass is 463 g/mol. The van der Waals surface area contributed by atoms with Gasteiger partial charge in [-0.15, -0.1) is 0 Å². The van der Waals surface area contributed by atoms with Gasteiger partial charge in [0.25, 0.3) is 5.91 Å². The average Bonchev–Trinajstić information content (AvgIpc) is 3.14. The van der Waals surface area contributed by atoms with E-state index in [0.717, 1.165) is 25.4 Å². The summed E-state index contributed by atoms with van der Waals surface area (Å²) in [6.45, 7) is 4.77. The van der Waals surface area contributed by atoms with Crippen molar-refractivity contribution >= 4 is 33.2 Å². The molecule has 2 saturated heterocycles. The van der Waals surface area contributed by atoms with Crippen LogP contribution < -0.4 is 9.04 Å². The number of halogens is 1. The number of hydrogen-bond acceptors (Lipinski definition) is 5. The van der Waals surface area contributed by atoms with E-state index < -0.39 is 10.0 Å². The summed E-state index contributed by atoms with van der Waals surface area (Å²) in [6, 6.07) is 14.2. The van der Waals surface area contributed by atoms with Crippen LogP contribution in [-0.4, -0.2) is 75.8 Å². The van der Waals surface area contributed by atoms with E-state index in [4.69, 9.17) is 16.3 Å². The lowest BCUT2D eigenvalue weighted by Crippen LogP contribution is -2.49. The first kappa shape index (κ1) is 21.9. The molecule has 9 heteroatoms. The number of piperazine rings is 1. The predicted octanol–water partition coefficient (Wildman–Crippen LogP) is 2.72. The molecule has 2 aliphatic heterocycles. The van der Waals surface area contributed by atoms with Crippen LogP contribution in [0.4, 0.5) is 5.69 Å². The number of benzene rings is 2. The van der Waals surface area contributed by atoms with E-state index in [1.54, 1.807) is 36.4 Å². The van der Waals surface area contributed by atoms with Crippen LogP contribution in [0.3, 0.4) is 0 Å². The van der Waals surface area contributed by atoms with E-state index >= 15 is 0 Å². The van der Waals surface area contributed by atoms with E-state index in [0.29, 0.717) is 48.9 Å². The minimum atomic E-state index is -3.21. The molecule has 2 fully saturated rings. The van der Waals surface area contributed by atoms with Gasteiger partial charge in [-0.3, -0.25) is 14.0 Å². The average molecular weight is 464 g/mol. The highest BCUT2D eigenvalue weighted by atomic mass is 35.5. The molecule has 2 aromatic carbocycles. The third-order valence-electron chi connectivity index (χ3n) is 5.65. The van der Waals surface area contributed by atoms with Crippen molar-refractivity contribution in [2.45, 2.75) is 6.42 Å². The normalized spacial score (nSPS) is 18.9. The summed E-state index contributed by atoms with van der Waals surface area (Å²) in [5.74, 6) is 0.958. The van der Waals surface area contributed by atoms with Gasteiger partial charge in [0.2, 0.25) is 10.0 Å². The van der Waals surface area contributed by atoms with Crippen LogP contribution in [0.5, 0.6) is 5.75 Å². The highest BCUT2D eigenvalue weighted by molar-refractivity contribution is 7.93. The molecule has 0 atom stereocenters. The van der Waals surface area contributed by atoms with Crippen LogP contribution in [0.15, 0.2) is 48.5 Å². The number of sulfonamides is 1. The van der Waals surface area contributed by atoms with E-state index in [9.17, 15) is 13.2 Å². The fourth-order valence-electron chi connectivity index (χ4n) is 3.88. The van der Waals surface area contributed by atoms with Crippen LogP contribution in [0.2, 0.25) is 5.02 Å². The second kappa shape index (κ2) is 9.46. The van der Waals surface area contributed by atoms with Gasteiger partial charge in [0.15, 0.2) is 0 Å². The molecule has 166 valence electrons. The van der Waals surface area contributed by atoms with E-state index in [-0.39, 0.29) is 11.7 Å². The SMILES string of the molecule is O=C(c1ccc(N2CCCS2(=O)=O)cc1)N1CCN(CCOc2ccc(Cl)cc2)CC1.